The van der Waals surface area contributed by atoms with Crippen molar-refractivity contribution in [2.45, 2.75) is 42.9 Å². The van der Waals surface area contributed by atoms with Gasteiger partial charge in [0.1, 0.15) is 0 Å². The molecule has 132 valence electrons. The van der Waals surface area contributed by atoms with Crippen LogP contribution in [0.15, 0.2) is 72.8 Å². The van der Waals surface area contributed by atoms with Gasteiger partial charge in [-0.05, 0) is 24.6 Å². The van der Waals surface area contributed by atoms with E-state index in [9.17, 15) is 0 Å². The fraction of sp³-hybridized carbons (Fsp3) is 0.280. The van der Waals surface area contributed by atoms with Crippen LogP contribution in [0.25, 0.3) is 0 Å². The maximum Gasteiger partial charge on any atom is 0.211 e. The first-order chi connectivity index (χ1) is 13.0. The van der Waals surface area contributed by atoms with E-state index in [1.54, 1.807) is 22.3 Å². The van der Waals surface area contributed by atoms with Crippen molar-refractivity contribution < 1.29 is 4.48 Å². The first kappa shape index (κ1) is 14.9. The Kier molecular flexibility index (Phi) is 2.22. The third-order valence-electron chi connectivity index (χ3n) is 8.61. The van der Waals surface area contributed by atoms with Crippen LogP contribution in [0.2, 0.25) is 5.02 Å². The smallest absolute Gasteiger partial charge is 0.211 e. The van der Waals surface area contributed by atoms with E-state index in [0.29, 0.717) is 6.04 Å². The summed E-state index contributed by atoms with van der Waals surface area (Å²) in [5.74, 6) is 0. The van der Waals surface area contributed by atoms with Crippen LogP contribution < -0.4 is 0 Å². The summed E-state index contributed by atoms with van der Waals surface area (Å²) in [6.07, 6.45) is 1.10. The van der Waals surface area contributed by atoms with Crippen LogP contribution in [-0.2, 0) is 23.0 Å². The van der Waals surface area contributed by atoms with Crippen molar-refractivity contribution in [3.8, 4) is 0 Å². The molecule has 4 heterocycles. The molecular weight excluding hydrogens is 350 g/mol. The third kappa shape index (κ3) is 1.15. The van der Waals surface area contributed by atoms with Crippen molar-refractivity contribution >= 4 is 11.6 Å². The second-order valence-electron chi connectivity index (χ2n) is 9.16. The molecule has 7 rings (SSSR count). The van der Waals surface area contributed by atoms with Gasteiger partial charge in [-0.2, -0.15) is 0 Å². The largest absolute Gasteiger partial charge is 0.270 e. The number of hydrogen-bond acceptors (Lipinski definition) is 0. The van der Waals surface area contributed by atoms with Crippen molar-refractivity contribution in [1.82, 2.24) is 0 Å². The van der Waals surface area contributed by atoms with Crippen molar-refractivity contribution in [3.05, 3.63) is 106 Å². The zero-order valence-electron chi connectivity index (χ0n) is 15.5. The van der Waals surface area contributed by atoms with Gasteiger partial charge >= 0.3 is 0 Å². The number of rotatable bonds is 2. The lowest BCUT2D eigenvalue weighted by Crippen LogP contribution is -2.45. The van der Waals surface area contributed by atoms with Gasteiger partial charge in [0, 0.05) is 40.6 Å². The zero-order chi connectivity index (χ0) is 18.2. The summed E-state index contributed by atoms with van der Waals surface area (Å²) in [4.78, 5) is 0. The Balaban J connectivity index is 1.50. The van der Waals surface area contributed by atoms with Gasteiger partial charge < -0.3 is 0 Å². The molecule has 2 heteroatoms. The molecule has 27 heavy (non-hydrogen) atoms. The van der Waals surface area contributed by atoms with Gasteiger partial charge in [-0.3, -0.25) is 4.48 Å². The minimum Gasteiger partial charge on any atom is -0.270 e. The van der Waals surface area contributed by atoms with Crippen molar-refractivity contribution in [1.29, 1.82) is 0 Å². The fourth-order valence-corrected chi connectivity index (χ4v) is 8.14. The molecule has 3 aromatic carbocycles. The average molecular weight is 371 g/mol. The quantitative estimate of drug-likeness (QED) is 0.413. The highest BCUT2D eigenvalue weighted by molar-refractivity contribution is 6.30. The Morgan fingerprint density at radius 1 is 0.778 bits per heavy atom. The average Bonchev–Trinajstić information content (AvgIpc) is 3.49. The van der Waals surface area contributed by atoms with Crippen molar-refractivity contribution in [2.75, 3.05) is 0 Å². The second-order valence-corrected chi connectivity index (χ2v) is 9.60. The number of halogens is 1. The van der Waals surface area contributed by atoms with Gasteiger partial charge in [0.05, 0.1) is 0 Å². The predicted molar refractivity (Wildman–Crippen MR) is 108 cm³/mol. The number of nitrogens with zero attached hydrogens (tertiary/aromatic N) is 1. The first-order valence-corrected chi connectivity index (χ1v) is 10.3. The Hall–Kier alpha value is -2.09. The maximum absolute atomic E-state index is 6.15. The Morgan fingerprint density at radius 3 is 2.00 bits per heavy atom. The molecule has 4 aliphatic heterocycles. The third-order valence-corrected chi connectivity index (χ3v) is 8.86. The van der Waals surface area contributed by atoms with E-state index in [1.807, 2.05) is 12.1 Å². The zero-order valence-corrected chi connectivity index (χ0v) is 16.3. The molecule has 0 aliphatic carbocycles. The molecule has 2 saturated heterocycles. The maximum atomic E-state index is 6.15. The van der Waals surface area contributed by atoms with E-state index < -0.39 is 0 Å². The summed E-state index contributed by atoms with van der Waals surface area (Å²) in [5.41, 5.74) is 8.24. The molecule has 4 aliphatic rings. The minimum absolute atomic E-state index is 0.0824. The van der Waals surface area contributed by atoms with E-state index in [2.05, 4.69) is 74.5 Å². The predicted octanol–water partition coefficient (Wildman–Crippen LogP) is 5.50. The molecule has 0 amide bonds. The van der Waals surface area contributed by atoms with E-state index >= 15 is 0 Å². The fourth-order valence-electron chi connectivity index (χ4n) is 8.02. The lowest BCUT2D eigenvalue weighted by Gasteiger charge is -2.30. The summed E-state index contributed by atoms with van der Waals surface area (Å²) in [6.45, 7) is 5.01. The summed E-state index contributed by atoms with van der Waals surface area (Å²) >= 11 is 6.15. The molecule has 0 radical (unpaired) electrons. The highest BCUT2D eigenvalue weighted by Crippen LogP contribution is 2.97. The van der Waals surface area contributed by atoms with Gasteiger partial charge in [-0.15, -0.1) is 0 Å². The Morgan fingerprint density at radius 2 is 1.33 bits per heavy atom. The SMILES string of the molecule is CC12c3ccccc3[C@@]3(C)C4[C@@](Cc5ccc(Cl)cc5)(c5ccccc51)[N+]423. The highest BCUT2D eigenvalue weighted by atomic mass is 35.5. The molecule has 0 aromatic heterocycles. The number of benzene rings is 3. The topological polar surface area (TPSA) is 0 Å². The van der Waals surface area contributed by atoms with Crippen LogP contribution in [0.5, 0.6) is 0 Å². The van der Waals surface area contributed by atoms with E-state index in [-0.39, 0.29) is 16.6 Å². The van der Waals surface area contributed by atoms with E-state index in [4.69, 9.17) is 11.6 Å². The lowest BCUT2D eigenvalue weighted by atomic mass is 9.72. The van der Waals surface area contributed by atoms with Gasteiger partial charge in [0.15, 0.2) is 16.6 Å². The molecule has 3 unspecified atom stereocenters. The van der Waals surface area contributed by atoms with Crippen LogP contribution >= 0.6 is 11.6 Å². The van der Waals surface area contributed by atoms with Gasteiger partial charge in [-0.1, -0.05) is 72.3 Å². The van der Waals surface area contributed by atoms with Crippen molar-refractivity contribution in [2.24, 2.45) is 0 Å². The van der Waals surface area contributed by atoms with E-state index in [0.717, 1.165) is 11.4 Å². The molecule has 0 saturated carbocycles. The summed E-state index contributed by atoms with van der Waals surface area (Å²) in [7, 11) is 0. The van der Waals surface area contributed by atoms with Crippen LogP contribution in [-0.4, -0.2) is 10.5 Å². The van der Waals surface area contributed by atoms with Crippen LogP contribution in [0.4, 0.5) is 0 Å². The Bertz CT molecular complexity index is 1170. The summed E-state index contributed by atoms with van der Waals surface area (Å²) in [5, 5.41) is 0.819. The van der Waals surface area contributed by atoms with Crippen molar-refractivity contribution in [3.63, 3.8) is 0 Å². The molecule has 1 spiro atoms. The standard InChI is InChI=1S/C25H21ClN/c1-23-18-7-3-4-8-19(18)24(2)22-25(27(22,23)24,21-10-6-5-9-20(21)23)15-16-11-13-17(26)14-12-16/h3-14,22H,15H2,1-2H3/q+1/t22?,23?,24-,25+,27?/m0/s1. The number of fused-ring (bicyclic) bond motifs is 8. The van der Waals surface area contributed by atoms with Gasteiger partial charge in [0.25, 0.3) is 0 Å². The summed E-state index contributed by atoms with van der Waals surface area (Å²) in [6, 6.07) is 27.7. The lowest BCUT2D eigenvalue weighted by molar-refractivity contribution is -0.832. The normalized spacial score (nSPS) is 40.8. The molecule has 5 atom stereocenters. The molecule has 0 N–H and O–H groups in total. The molecular formula is C25H21ClN+. The van der Waals surface area contributed by atoms with Crippen LogP contribution in [0, 0.1) is 0 Å². The van der Waals surface area contributed by atoms with E-state index in [1.165, 1.54) is 10.0 Å². The Labute approximate surface area is 164 Å². The molecule has 3 aromatic rings. The number of quaternary nitrogens is 1. The molecule has 1 nitrogen and oxygen atoms in total. The summed E-state index contributed by atoms with van der Waals surface area (Å²) < 4.78 is 1.22. The van der Waals surface area contributed by atoms with Crippen LogP contribution in [0.3, 0.4) is 0 Å². The number of hydrogen-bond donors (Lipinski definition) is 0. The van der Waals surface area contributed by atoms with Crippen LogP contribution in [0.1, 0.15) is 41.7 Å². The monoisotopic (exact) mass is 370 g/mol. The molecule has 0 bridgehead atoms. The second kappa shape index (κ2) is 4.01. The van der Waals surface area contributed by atoms with Gasteiger partial charge in [-0.25, -0.2) is 0 Å². The van der Waals surface area contributed by atoms with Gasteiger partial charge in [0.2, 0.25) is 6.04 Å². The highest BCUT2D eigenvalue weighted by Gasteiger charge is 3.15. The first-order valence-electron chi connectivity index (χ1n) is 9.88. The minimum atomic E-state index is 0.0824. The molecule has 2 fully saturated rings.